The number of benzene rings is 2. The van der Waals surface area contributed by atoms with E-state index in [4.69, 9.17) is 0 Å². The van der Waals surface area contributed by atoms with Crippen LogP contribution in [0.2, 0.25) is 0 Å². The Bertz CT molecular complexity index is 834. The number of aliphatic hydroxyl groups is 1. The molecule has 2 aliphatic rings. The third-order valence-electron chi connectivity index (χ3n) is 5.40. The van der Waals surface area contributed by atoms with Crippen LogP contribution in [0.15, 0.2) is 59.7 Å². The number of hydrogen-bond acceptors (Lipinski definition) is 4. The van der Waals surface area contributed by atoms with Crippen molar-refractivity contribution in [2.24, 2.45) is 5.10 Å². The molecule has 2 N–H and O–H groups in total. The molecular formula is C21H23N3O2. The van der Waals surface area contributed by atoms with Gasteiger partial charge >= 0.3 is 0 Å². The normalized spacial score (nSPS) is 21.6. The smallest absolute Gasteiger partial charge is 0.256 e. The number of hydrogen-bond donors (Lipinski definition) is 2. The second kappa shape index (κ2) is 7.02. The maximum absolute atomic E-state index is 12.6. The highest BCUT2D eigenvalue weighted by Crippen LogP contribution is 2.36. The number of aryl methyl sites for hydroxylation is 1. The molecule has 0 saturated heterocycles. The lowest BCUT2D eigenvalue weighted by atomic mass is 9.92. The molecule has 5 heteroatoms. The van der Waals surface area contributed by atoms with E-state index >= 15 is 0 Å². The Kier molecular flexibility index (Phi) is 4.57. The summed E-state index contributed by atoms with van der Waals surface area (Å²) in [6.45, 7) is 0.754. The number of nitrogens with one attached hydrogen (secondary N) is 1. The van der Waals surface area contributed by atoms with Crippen LogP contribution < -0.4 is 5.32 Å². The SMILES string of the molecule is O=C(CNC1(CO)CCc2ccccc21)N1CCC(c2ccccc2)=N1. The van der Waals surface area contributed by atoms with Crippen molar-refractivity contribution < 1.29 is 9.90 Å². The number of fused-ring (bicyclic) bond motifs is 1. The number of rotatable bonds is 5. The minimum atomic E-state index is -0.530. The summed E-state index contributed by atoms with van der Waals surface area (Å²) < 4.78 is 0. The van der Waals surface area contributed by atoms with E-state index < -0.39 is 5.54 Å². The molecule has 5 nitrogen and oxygen atoms in total. The largest absolute Gasteiger partial charge is 0.394 e. The molecule has 1 aliphatic heterocycles. The lowest BCUT2D eigenvalue weighted by molar-refractivity contribution is -0.130. The minimum absolute atomic E-state index is 0.0180. The van der Waals surface area contributed by atoms with Gasteiger partial charge in [-0.3, -0.25) is 10.1 Å². The zero-order valence-electron chi connectivity index (χ0n) is 14.7. The molecule has 1 unspecified atom stereocenters. The predicted molar refractivity (Wildman–Crippen MR) is 101 cm³/mol. The summed E-state index contributed by atoms with van der Waals surface area (Å²) in [4.78, 5) is 12.6. The average Bonchev–Trinajstić information content (AvgIpc) is 3.33. The maximum Gasteiger partial charge on any atom is 0.256 e. The molecule has 2 aromatic rings. The molecule has 0 fully saturated rings. The van der Waals surface area contributed by atoms with Gasteiger partial charge in [0.05, 0.1) is 30.9 Å². The van der Waals surface area contributed by atoms with E-state index in [1.807, 2.05) is 48.5 Å². The van der Waals surface area contributed by atoms with Crippen LogP contribution in [0.5, 0.6) is 0 Å². The van der Waals surface area contributed by atoms with E-state index in [-0.39, 0.29) is 19.1 Å². The van der Waals surface area contributed by atoms with Gasteiger partial charge in [-0.2, -0.15) is 5.10 Å². The number of carbonyl (C=O) groups excluding carboxylic acids is 1. The predicted octanol–water partition coefficient (Wildman–Crippen LogP) is 2.05. The molecule has 1 atom stereocenters. The van der Waals surface area contributed by atoms with Gasteiger partial charge in [-0.25, -0.2) is 5.01 Å². The fourth-order valence-electron chi connectivity index (χ4n) is 3.90. The lowest BCUT2D eigenvalue weighted by Gasteiger charge is -2.30. The minimum Gasteiger partial charge on any atom is -0.394 e. The van der Waals surface area contributed by atoms with Crippen molar-refractivity contribution in [2.75, 3.05) is 19.7 Å². The fraction of sp³-hybridized carbons (Fsp3) is 0.333. The molecular weight excluding hydrogens is 326 g/mol. The van der Waals surface area contributed by atoms with Gasteiger partial charge in [-0.05, 0) is 29.5 Å². The van der Waals surface area contributed by atoms with Crippen molar-refractivity contribution >= 4 is 11.6 Å². The van der Waals surface area contributed by atoms with Gasteiger partial charge in [0, 0.05) is 6.42 Å². The zero-order chi connectivity index (χ0) is 18.0. The van der Waals surface area contributed by atoms with Gasteiger partial charge < -0.3 is 5.11 Å². The summed E-state index contributed by atoms with van der Waals surface area (Å²) in [5, 5.41) is 19.4. The Morgan fingerprint density at radius 1 is 1.12 bits per heavy atom. The summed E-state index contributed by atoms with van der Waals surface area (Å²) in [5.41, 5.74) is 3.82. The van der Waals surface area contributed by atoms with E-state index in [0.29, 0.717) is 6.54 Å². The molecule has 1 heterocycles. The van der Waals surface area contributed by atoms with Gasteiger partial charge in [0.2, 0.25) is 0 Å². The molecule has 0 radical (unpaired) electrons. The van der Waals surface area contributed by atoms with E-state index in [1.165, 1.54) is 5.56 Å². The van der Waals surface area contributed by atoms with Crippen molar-refractivity contribution in [1.82, 2.24) is 10.3 Å². The Labute approximate surface area is 153 Å². The number of carbonyl (C=O) groups is 1. The van der Waals surface area contributed by atoms with Gasteiger partial charge in [-0.1, -0.05) is 54.6 Å². The van der Waals surface area contributed by atoms with Gasteiger partial charge in [0.25, 0.3) is 5.91 Å². The molecule has 134 valence electrons. The van der Waals surface area contributed by atoms with Crippen LogP contribution in [0.4, 0.5) is 0 Å². The highest BCUT2D eigenvalue weighted by atomic mass is 16.3. The topological polar surface area (TPSA) is 64.9 Å². The number of nitrogens with zero attached hydrogens (tertiary/aromatic N) is 2. The van der Waals surface area contributed by atoms with Crippen molar-refractivity contribution in [3.8, 4) is 0 Å². The highest BCUT2D eigenvalue weighted by molar-refractivity contribution is 6.02. The standard InChI is InChI=1S/C21H23N3O2/c25-15-21(12-10-16-6-4-5-9-18(16)21)22-14-20(26)24-13-11-19(23-24)17-7-2-1-3-8-17/h1-9,22,25H,10-15H2. The van der Waals surface area contributed by atoms with E-state index in [1.54, 1.807) is 5.01 Å². The molecule has 1 aliphatic carbocycles. The fourth-order valence-corrected chi connectivity index (χ4v) is 3.90. The number of hydrazone groups is 1. The highest BCUT2D eigenvalue weighted by Gasteiger charge is 2.38. The Morgan fingerprint density at radius 2 is 1.88 bits per heavy atom. The zero-order valence-corrected chi connectivity index (χ0v) is 14.7. The van der Waals surface area contributed by atoms with Crippen LogP contribution in [-0.2, 0) is 16.8 Å². The van der Waals surface area contributed by atoms with Crippen LogP contribution in [-0.4, -0.2) is 41.4 Å². The quantitative estimate of drug-likeness (QED) is 0.868. The first-order chi connectivity index (χ1) is 12.7. The summed E-state index contributed by atoms with van der Waals surface area (Å²) in [7, 11) is 0. The van der Waals surface area contributed by atoms with Crippen molar-refractivity contribution in [1.29, 1.82) is 0 Å². The van der Waals surface area contributed by atoms with Crippen LogP contribution >= 0.6 is 0 Å². The molecule has 1 amide bonds. The van der Waals surface area contributed by atoms with Crippen molar-refractivity contribution in [3.63, 3.8) is 0 Å². The number of amides is 1. The van der Waals surface area contributed by atoms with E-state index in [9.17, 15) is 9.90 Å². The van der Waals surface area contributed by atoms with Crippen molar-refractivity contribution in [2.45, 2.75) is 24.8 Å². The summed E-state index contributed by atoms with van der Waals surface area (Å²) in [6.07, 6.45) is 2.48. The second-order valence-corrected chi connectivity index (χ2v) is 6.93. The van der Waals surface area contributed by atoms with Crippen molar-refractivity contribution in [3.05, 3.63) is 71.3 Å². The average molecular weight is 349 g/mol. The Morgan fingerprint density at radius 3 is 2.69 bits per heavy atom. The molecule has 0 bridgehead atoms. The first-order valence-electron chi connectivity index (χ1n) is 9.09. The van der Waals surface area contributed by atoms with Gasteiger partial charge in [0.15, 0.2) is 0 Å². The van der Waals surface area contributed by atoms with E-state index in [2.05, 4.69) is 16.5 Å². The molecule has 2 aromatic carbocycles. The summed E-state index contributed by atoms with van der Waals surface area (Å²) in [5.74, 6) is -0.0619. The van der Waals surface area contributed by atoms with Gasteiger partial charge in [0.1, 0.15) is 0 Å². The first kappa shape index (κ1) is 16.9. The van der Waals surface area contributed by atoms with Crippen LogP contribution in [0.25, 0.3) is 0 Å². The maximum atomic E-state index is 12.6. The summed E-state index contributed by atoms with van der Waals surface area (Å²) in [6, 6.07) is 18.1. The van der Waals surface area contributed by atoms with Crippen LogP contribution in [0, 0.1) is 0 Å². The lowest BCUT2D eigenvalue weighted by Crippen LogP contribution is -2.48. The van der Waals surface area contributed by atoms with Crippen LogP contribution in [0.3, 0.4) is 0 Å². The number of aliphatic hydroxyl groups excluding tert-OH is 1. The second-order valence-electron chi connectivity index (χ2n) is 6.93. The molecule has 0 spiro atoms. The van der Waals surface area contributed by atoms with Crippen LogP contribution in [0.1, 0.15) is 29.5 Å². The molecule has 26 heavy (non-hydrogen) atoms. The van der Waals surface area contributed by atoms with Gasteiger partial charge in [-0.15, -0.1) is 0 Å². The third kappa shape index (κ3) is 3.04. The first-order valence-corrected chi connectivity index (χ1v) is 9.09. The molecule has 0 aromatic heterocycles. The third-order valence-corrected chi connectivity index (χ3v) is 5.40. The summed E-state index contributed by atoms with van der Waals surface area (Å²) >= 11 is 0. The monoisotopic (exact) mass is 349 g/mol. The molecule has 0 saturated carbocycles. The Hall–Kier alpha value is -2.50. The van der Waals surface area contributed by atoms with E-state index in [0.717, 1.165) is 36.1 Å². The Balaban J connectivity index is 1.44. The molecule has 4 rings (SSSR count).